The summed E-state index contributed by atoms with van der Waals surface area (Å²) in [6, 6.07) is 8.01. The van der Waals surface area contributed by atoms with E-state index in [-0.39, 0.29) is 17.9 Å². The third kappa shape index (κ3) is 3.24. The number of rotatable bonds is 4. The van der Waals surface area contributed by atoms with Crippen molar-refractivity contribution >= 4 is 39.2 Å². The van der Waals surface area contributed by atoms with Gasteiger partial charge in [-0.25, -0.2) is 4.79 Å². The lowest BCUT2D eigenvalue weighted by atomic mass is 10.2. The van der Waals surface area contributed by atoms with Crippen molar-refractivity contribution in [2.24, 2.45) is 0 Å². The first-order valence-electron chi connectivity index (χ1n) is 6.02. The number of benzene rings is 1. The normalized spacial score (nSPS) is 11.1. The van der Waals surface area contributed by atoms with Crippen molar-refractivity contribution in [3.63, 3.8) is 0 Å². The van der Waals surface area contributed by atoms with Crippen LogP contribution >= 0.6 is 11.3 Å². The van der Waals surface area contributed by atoms with Crippen molar-refractivity contribution in [2.45, 2.75) is 6.92 Å². The van der Waals surface area contributed by atoms with Gasteiger partial charge in [0.05, 0.1) is 11.5 Å². The Labute approximate surface area is 124 Å². The summed E-state index contributed by atoms with van der Waals surface area (Å²) in [4.78, 5) is 22.5. The molecule has 0 atom stereocenters. The zero-order chi connectivity index (χ0) is 15.4. The number of non-ortho nitro benzene ring substituents is 1. The van der Waals surface area contributed by atoms with Crippen molar-refractivity contribution in [1.82, 2.24) is 0 Å². The second-order valence-electron chi connectivity index (χ2n) is 4.02. The summed E-state index contributed by atoms with van der Waals surface area (Å²) in [5, 5.41) is 20.4. The van der Waals surface area contributed by atoms with E-state index in [2.05, 4.69) is 0 Å². The van der Waals surface area contributed by atoms with Crippen molar-refractivity contribution in [3.8, 4) is 6.07 Å². The van der Waals surface area contributed by atoms with Crippen LogP contribution in [0.3, 0.4) is 0 Å². The van der Waals surface area contributed by atoms with E-state index in [1.165, 1.54) is 29.5 Å². The second-order valence-corrected chi connectivity index (χ2v) is 5.13. The van der Waals surface area contributed by atoms with Gasteiger partial charge in [0.25, 0.3) is 5.69 Å². The number of ether oxygens (including phenoxy) is 1. The van der Waals surface area contributed by atoms with Gasteiger partial charge < -0.3 is 4.74 Å². The first-order valence-corrected chi connectivity index (χ1v) is 6.83. The van der Waals surface area contributed by atoms with E-state index in [0.29, 0.717) is 10.3 Å². The van der Waals surface area contributed by atoms with Gasteiger partial charge in [-0.3, -0.25) is 10.1 Å². The highest BCUT2D eigenvalue weighted by Crippen LogP contribution is 2.30. The summed E-state index contributed by atoms with van der Waals surface area (Å²) in [6.07, 6.45) is 1.43. The number of thiophene rings is 1. The minimum Gasteiger partial charge on any atom is -0.462 e. The van der Waals surface area contributed by atoms with Gasteiger partial charge in [-0.15, -0.1) is 11.3 Å². The number of hydrogen-bond acceptors (Lipinski definition) is 6. The molecule has 0 amide bonds. The lowest BCUT2D eigenvalue weighted by Gasteiger charge is -1.97. The molecule has 0 fully saturated rings. The Kier molecular flexibility index (Phi) is 4.30. The number of carbonyl (C=O) groups excluding carboxylic acids is 1. The number of carbonyl (C=O) groups is 1. The van der Waals surface area contributed by atoms with Gasteiger partial charge in [-0.05, 0) is 30.5 Å². The fourth-order valence-electron chi connectivity index (χ4n) is 1.72. The van der Waals surface area contributed by atoms with Gasteiger partial charge in [-0.2, -0.15) is 5.26 Å². The molecule has 0 saturated carbocycles. The molecule has 1 aromatic heterocycles. The summed E-state index contributed by atoms with van der Waals surface area (Å²) in [7, 11) is 0. The van der Waals surface area contributed by atoms with Crippen molar-refractivity contribution in [3.05, 3.63) is 44.8 Å². The third-order valence-electron chi connectivity index (χ3n) is 2.63. The zero-order valence-electron chi connectivity index (χ0n) is 11.0. The SMILES string of the molecule is CCOC(=O)/C(C#N)=C/c1cc2cc([N+](=O)[O-])ccc2s1. The average molecular weight is 302 g/mol. The van der Waals surface area contributed by atoms with E-state index in [9.17, 15) is 14.9 Å². The second kappa shape index (κ2) is 6.15. The smallest absolute Gasteiger partial charge is 0.348 e. The van der Waals surface area contributed by atoms with Crippen molar-refractivity contribution < 1.29 is 14.5 Å². The van der Waals surface area contributed by atoms with Gasteiger partial charge in [-0.1, -0.05) is 0 Å². The molecule has 2 rings (SSSR count). The number of nitro groups is 1. The first kappa shape index (κ1) is 14.7. The van der Waals surface area contributed by atoms with Crippen LogP contribution in [0.4, 0.5) is 5.69 Å². The summed E-state index contributed by atoms with van der Waals surface area (Å²) < 4.78 is 5.62. The molecule has 1 aromatic carbocycles. The number of fused-ring (bicyclic) bond motifs is 1. The summed E-state index contributed by atoms with van der Waals surface area (Å²) in [5.74, 6) is -0.677. The van der Waals surface area contributed by atoms with Crippen LogP contribution in [-0.4, -0.2) is 17.5 Å². The third-order valence-corrected chi connectivity index (χ3v) is 3.70. The molecule has 0 aliphatic rings. The van der Waals surface area contributed by atoms with Crippen molar-refractivity contribution in [1.29, 1.82) is 5.26 Å². The van der Waals surface area contributed by atoms with Crippen LogP contribution in [0.2, 0.25) is 0 Å². The van der Waals surface area contributed by atoms with Gasteiger partial charge in [0.2, 0.25) is 0 Å². The van der Waals surface area contributed by atoms with E-state index in [1.54, 1.807) is 25.1 Å². The minimum absolute atomic E-state index is 0.00160. The highest BCUT2D eigenvalue weighted by molar-refractivity contribution is 7.19. The molecular formula is C14H10N2O4S. The van der Waals surface area contributed by atoms with E-state index in [0.717, 1.165) is 4.70 Å². The van der Waals surface area contributed by atoms with E-state index in [4.69, 9.17) is 10.00 Å². The Morgan fingerprint density at radius 1 is 1.52 bits per heavy atom. The van der Waals surface area contributed by atoms with Crippen LogP contribution in [0.15, 0.2) is 29.8 Å². The number of hydrogen-bond donors (Lipinski definition) is 0. The minimum atomic E-state index is -0.677. The van der Waals surface area contributed by atoms with Crippen LogP contribution in [0, 0.1) is 21.4 Å². The van der Waals surface area contributed by atoms with Crippen LogP contribution in [-0.2, 0) is 9.53 Å². The Balaban J connectivity index is 2.41. The Morgan fingerprint density at radius 2 is 2.29 bits per heavy atom. The highest BCUT2D eigenvalue weighted by Gasteiger charge is 2.12. The predicted octanol–water partition coefficient (Wildman–Crippen LogP) is 3.28. The fourth-order valence-corrected chi connectivity index (χ4v) is 2.71. The topological polar surface area (TPSA) is 93.2 Å². The molecule has 0 aliphatic heterocycles. The molecule has 0 bridgehead atoms. The predicted molar refractivity (Wildman–Crippen MR) is 78.7 cm³/mol. The molecule has 106 valence electrons. The molecular weight excluding hydrogens is 292 g/mol. The molecule has 6 nitrogen and oxygen atoms in total. The maximum atomic E-state index is 11.5. The zero-order valence-corrected chi connectivity index (χ0v) is 11.8. The van der Waals surface area contributed by atoms with Gasteiger partial charge in [0.15, 0.2) is 0 Å². The number of esters is 1. The molecule has 21 heavy (non-hydrogen) atoms. The largest absolute Gasteiger partial charge is 0.462 e. The molecule has 0 radical (unpaired) electrons. The molecule has 1 heterocycles. The Morgan fingerprint density at radius 3 is 2.90 bits per heavy atom. The highest BCUT2D eigenvalue weighted by atomic mass is 32.1. The molecule has 0 saturated heterocycles. The van der Waals surface area contributed by atoms with E-state index < -0.39 is 10.9 Å². The molecule has 0 spiro atoms. The van der Waals surface area contributed by atoms with Crippen LogP contribution in [0.5, 0.6) is 0 Å². The number of nitriles is 1. The monoisotopic (exact) mass is 302 g/mol. The summed E-state index contributed by atoms with van der Waals surface area (Å²) in [6.45, 7) is 1.85. The molecule has 0 N–H and O–H groups in total. The fraction of sp³-hybridized carbons (Fsp3) is 0.143. The lowest BCUT2D eigenvalue weighted by Crippen LogP contribution is -2.05. The number of nitro benzene ring substituents is 1. The van der Waals surface area contributed by atoms with Gasteiger partial charge in [0.1, 0.15) is 11.6 Å². The molecule has 0 unspecified atom stereocenters. The molecule has 2 aromatic rings. The van der Waals surface area contributed by atoms with Crippen LogP contribution in [0.25, 0.3) is 16.2 Å². The maximum absolute atomic E-state index is 11.5. The van der Waals surface area contributed by atoms with Crippen LogP contribution in [0.1, 0.15) is 11.8 Å². The Bertz CT molecular complexity index is 786. The van der Waals surface area contributed by atoms with Crippen LogP contribution < -0.4 is 0 Å². The van der Waals surface area contributed by atoms with Gasteiger partial charge >= 0.3 is 5.97 Å². The standard InChI is InChI=1S/C14H10N2O4S/c1-2-20-14(17)10(8-15)7-12-6-9-5-11(16(18)19)3-4-13(9)21-12/h3-7H,2H2,1H3/b10-7+. The van der Waals surface area contributed by atoms with Gasteiger partial charge in [0, 0.05) is 21.7 Å². The van der Waals surface area contributed by atoms with Crippen molar-refractivity contribution in [2.75, 3.05) is 6.61 Å². The van der Waals surface area contributed by atoms with E-state index >= 15 is 0 Å². The lowest BCUT2D eigenvalue weighted by molar-refractivity contribution is -0.384. The Hall–Kier alpha value is -2.72. The first-order chi connectivity index (χ1) is 10.0. The molecule has 0 aliphatic carbocycles. The number of nitrogens with zero attached hydrogens (tertiary/aromatic N) is 2. The summed E-state index contributed by atoms with van der Waals surface area (Å²) >= 11 is 1.34. The summed E-state index contributed by atoms with van der Waals surface area (Å²) in [5.41, 5.74) is -0.0976. The average Bonchev–Trinajstić information content (AvgIpc) is 2.86. The van der Waals surface area contributed by atoms with E-state index in [1.807, 2.05) is 0 Å². The maximum Gasteiger partial charge on any atom is 0.348 e. The molecule has 7 heteroatoms. The quantitative estimate of drug-likeness (QED) is 0.284.